The molecule has 186 valence electrons. The SMILES string of the molecule is Cc1ccc(C(NC(=O)Cc2ccc3[nH]nc(CCC(=O)O)c3c2)c2ccccc2)c(OC(C)C)c1. The number of carbonyl (C=O) groups excluding carboxylic acids is 1. The summed E-state index contributed by atoms with van der Waals surface area (Å²) in [6.07, 6.45) is 0.498. The van der Waals surface area contributed by atoms with Gasteiger partial charge in [0.2, 0.25) is 5.91 Å². The number of aryl methyl sites for hydroxylation is 2. The lowest BCUT2D eigenvalue weighted by atomic mass is 9.96. The molecule has 36 heavy (non-hydrogen) atoms. The number of ether oxygens (including phenoxy) is 1. The number of benzene rings is 3. The van der Waals surface area contributed by atoms with Gasteiger partial charge in [-0.1, -0.05) is 48.5 Å². The van der Waals surface area contributed by atoms with Crippen molar-refractivity contribution in [3.8, 4) is 5.75 Å². The summed E-state index contributed by atoms with van der Waals surface area (Å²) in [5.41, 5.74) is 5.27. The Kier molecular flexibility index (Phi) is 7.68. The highest BCUT2D eigenvalue weighted by atomic mass is 16.5. The number of carboxylic acid groups (broad SMARTS) is 1. The number of rotatable bonds is 10. The first kappa shape index (κ1) is 25.0. The maximum absolute atomic E-state index is 13.3. The number of H-pyrrole nitrogens is 1. The van der Waals surface area contributed by atoms with Crippen LogP contribution in [-0.2, 0) is 22.4 Å². The second-order valence-corrected chi connectivity index (χ2v) is 9.24. The Bertz CT molecular complexity index is 1360. The molecule has 1 heterocycles. The van der Waals surface area contributed by atoms with Gasteiger partial charge in [-0.15, -0.1) is 0 Å². The van der Waals surface area contributed by atoms with Crippen molar-refractivity contribution >= 4 is 22.8 Å². The van der Waals surface area contributed by atoms with Gasteiger partial charge in [-0.25, -0.2) is 0 Å². The van der Waals surface area contributed by atoms with E-state index in [1.807, 2.05) is 87.5 Å². The Morgan fingerprint density at radius 1 is 1.06 bits per heavy atom. The maximum atomic E-state index is 13.3. The Labute approximate surface area is 210 Å². The number of fused-ring (bicyclic) bond motifs is 1. The summed E-state index contributed by atoms with van der Waals surface area (Å²) in [4.78, 5) is 24.3. The lowest BCUT2D eigenvalue weighted by molar-refractivity contribution is -0.137. The minimum absolute atomic E-state index is 0.000748. The van der Waals surface area contributed by atoms with E-state index >= 15 is 0 Å². The van der Waals surface area contributed by atoms with Crippen LogP contribution in [0.4, 0.5) is 0 Å². The molecule has 3 aromatic carbocycles. The van der Waals surface area contributed by atoms with Gasteiger partial charge in [0, 0.05) is 17.4 Å². The first-order valence-electron chi connectivity index (χ1n) is 12.1. The molecule has 0 aliphatic rings. The Morgan fingerprint density at radius 2 is 1.83 bits per heavy atom. The molecule has 0 radical (unpaired) electrons. The quantitative estimate of drug-likeness (QED) is 0.289. The van der Waals surface area contributed by atoms with Crippen LogP contribution in [0.3, 0.4) is 0 Å². The first-order valence-corrected chi connectivity index (χ1v) is 12.1. The summed E-state index contributed by atoms with van der Waals surface area (Å²) in [6.45, 7) is 5.99. The number of amides is 1. The van der Waals surface area contributed by atoms with Crippen molar-refractivity contribution in [2.75, 3.05) is 0 Å². The number of nitrogens with zero attached hydrogens (tertiary/aromatic N) is 1. The molecular formula is C29H31N3O4. The lowest BCUT2D eigenvalue weighted by Gasteiger charge is -2.24. The van der Waals surface area contributed by atoms with Crippen LogP contribution in [0.5, 0.6) is 5.75 Å². The average molecular weight is 486 g/mol. The number of aliphatic carboxylic acids is 1. The maximum Gasteiger partial charge on any atom is 0.303 e. The molecule has 0 aliphatic carbocycles. The van der Waals surface area contributed by atoms with Gasteiger partial charge in [-0.3, -0.25) is 14.7 Å². The van der Waals surface area contributed by atoms with Crippen molar-refractivity contribution in [1.82, 2.24) is 15.5 Å². The van der Waals surface area contributed by atoms with E-state index in [4.69, 9.17) is 9.84 Å². The smallest absolute Gasteiger partial charge is 0.303 e. The van der Waals surface area contributed by atoms with E-state index in [2.05, 4.69) is 15.5 Å². The average Bonchev–Trinajstić information content (AvgIpc) is 3.24. The fourth-order valence-electron chi connectivity index (χ4n) is 4.26. The van der Waals surface area contributed by atoms with Gasteiger partial charge in [-0.05, 0) is 55.7 Å². The standard InChI is InChI=1S/C29H31N3O4/c1-18(2)36-26-15-19(3)9-11-22(26)29(21-7-5-4-6-8-21)30-27(33)17-20-10-12-24-23(16-20)25(32-31-24)13-14-28(34)35/h4-12,15-16,18,29H,13-14,17H2,1-3H3,(H,30,33)(H,31,32)(H,34,35). The molecule has 7 heteroatoms. The predicted molar refractivity (Wildman–Crippen MR) is 139 cm³/mol. The Balaban J connectivity index is 1.60. The molecule has 0 saturated heterocycles. The molecule has 0 aliphatic heterocycles. The van der Waals surface area contributed by atoms with E-state index < -0.39 is 5.97 Å². The summed E-state index contributed by atoms with van der Waals surface area (Å²) in [6, 6.07) is 21.2. The van der Waals surface area contributed by atoms with Crippen LogP contribution in [0.1, 0.15) is 54.3 Å². The van der Waals surface area contributed by atoms with Crippen molar-refractivity contribution in [2.45, 2.75) is 52.2 Å². The van der Waals surface area contributed by atoms with Crippen LogP contribution in [0, 0.1) is 6.92 Å². The third kappa shape index (κ3) is 6.10. The molecule has 4 aromatic rings. The van der Waals surface area contributed by atoms with Gasteiger partial charge >= 0.3 is 5.97 Å². The Morgan fingerprint density at radius 3 is 2.56 bits per heavy atom. The van der Waals surface area contributed by atoms with Gasteiger partial charge < -0.3 is 15.2 Å². The molecule has 0 bridgehead atoms. The van der Waals surface area contributed by atoms with E-state index in [9.17, 15) is 9.59 Å². The first-order chi connectivity index (χ1) is 17.3. The topological polar surface area (TPSA) is 104 Å². The molecule has 0 fully saturated rings. The van der Waals surface area contributed by atoms with Crippen LogP contribution in [0.2, 0.25) is 0 Å². The number of hydrogen-bond acceptors (Lipinski definition) is 4. The molecule has 1 unspecified atom stereocenters. The zero-order valence-electron chi connectivity index (χ0n) is 20.7. The van der Waals surface area contributed by atoms with Crippen molar-refractivity contribution < 1.29 is 19.4 Å². The molecule has 0 saturated carbocycles. The molecule has 4 rings (SSSR count). The van der Waals surface area contributed by atoms with Crippen LogP contribution in [0.25, 0.3) is 10.9 Å². The van der Waals surface area contributed by atoms with Gasteiger partial charge in [-0.2, -0.15) is 5.10 Å². The van der Waals surface area contributed by atoms with Crippen LogP contribution in [0.15, 0.2) is 66.7 Å². The van der Waals surface area contributed by atoms with Crippen molar-refractivity contribution in [3.63, 3.8) is 0 Å². The molecule has 1 amide bonds. The fraction of sp³-hybridized carbons (Fsp3) is 0.276. The van der Waals surface area contributed by atoms with E-state index in [0.29, 0.717) is 12.1 Å². The monoisotopic (exact) mass is 485 g/mol. The number of hydrogen-bond donors (Lipinski definition) is 3. The highest BCUT2D eigenvalue weighted by Crippen LogP contribution is 2.32. The summed E-state index contributed by atoms with van der Waals surface area (Å²) in [5, 5.41) is 20.2. The second kappa shape index (κ2) is 11.1. The minimum atomic E-state index is -0.870. The highest BCUT2D eigenvalue weighted by molar-refractivity contribution is 5.85. The molecule has 0 spiro atoms. The molecule has 7 nitrogen and oxygen atoms in total. The minimum Gasteiger partial charge on any atom is -0.491 e. The van der Waals surface area contributed by atoms with E-state index in [-0.39, 0.29) is 30.9 Å². The molecule has 3 N–H and O–H groups in total. The summed E-state index contributed by atoms with van der Waals surface area (Å²) < 4.78 is 6.12. The van der Waals surface area contributed by atoms with Crippen molar-refractivity contribution in [1.29, 1.82) is 0 Å². The molecule has 1 aromatic heterocycles. The Hall–Kier alpha value is -4.13. The highest BCUT2D eigenvalue weighted by Gasteiger charge is 2.22. The van der Waals surface area contributed by atoms with Gasteiger partial charge in [0.15, 0.2) is 0 Å². The van der Waals surface area contributed by atoms with Crippen LogP contribution >= 0.6 is 0 Å². The zero-order chi connectivity index (χ0) is 25.7. The van der Waals surface area contributed by atoms with E-state index in [1.54, 1.807) is 0 Å². The van der Waals surface area contributed by atoms with Crippen LogP contribution in [-0.4, -0.2) is 33.3 Å². The zero-order valence-corrected chi connectivity index (χ0v) is 20.7. The fourth-order valence-corrected chi connectivity index (χ4v) is 4.26. The summed E-state index contributed by atoms with van der Waals surface area (Å²) in [7, 11) is 0. The van der Waals surface area contributed by atoms with E-state index in [1.165, 1.54) is 0 Å². The number of carboxylic acids is 1. The lowest BCUT2D eigenvalue weighted by Crippen LogP contribution is -2.31. The van der Waals surface area contributed by atoms with Gasteiger partial charge in [0.25, 0.3) is 0 Å². The predicted octanol–water partition coefficient (Wildman–Crippen LogP) is 5.12. The summed E-state index contributed by atoms with van der Waals surface area (Å²) >= 11 is 0. The largest absolute Gasteiger partial charge is 0.491 e. The van der Waals surface area contributed by atoms with Crippen LogP contribution < -0.4 is 10.1 Å². The van der Waals surface area contributed by atoms with Crippen molar-refractivity contribution in [2.24, 2.45) is 0 Å². The number of nitrogens with one attached hydrogen (secondary N) is 2. The number of carbonyl (C=O) groups is 2. The summed E-state index contributed by atoms with van der Waals surface area (Å²) in [5.74, 6) is -0.248. The molecule has 1 atom stereocenters. The van der Waals surface area contributed by atoms with Gasteiger partial charge in [0.05, 0.1) is 36.2 Å². The third-order valence-electron chi connectivity index (χ3n) is 5.93. The normalized spacial score (nSPS) is 12.0. The van der Waals surface area contributed by atoms with Crippen molar-refractivity contribution in [3.05, 3.63) is 94.7 Å². The van der Waals surface area contributed by atoms with E-state index in [0.717, 1.165) is 38.9 Å². The second-order valence-electron chi connectivity index (χ2n) is 9.24. The number of aromatic amines is 1. The van der Waals surface area contributed by atoms with Gasteiger partial charge in [0.1, 0.15) is 5.75 Å². The number of aromatic nitrogens is 2. The third-order valence-corrected chi connectivity index (χ3v) is 5.93. The molecular weight excluding hydrogens is 454 g/mol.